The third-order valence-electron chi connectivity index (χ3n) is 3.96. The van der Waals surface area contributed by atoms with Crippen molar-refractivity contribution in [1.82, 2.24) is 10.2 Å². The van der Waals surface area contributed by atoms with Crippen LogP contribution in [0.1, 0.15) is 39.5 Å². The first-order chi connectivity index (χ1) is 8.91. The van der Waals surface area contributed by atoms with Crippen molar-refractivity contribution in [2.24, 2.45) is 11.8 Å². The lowest BCUT2D eigenvalue weighted by molar-refractivity contribution is -0.129. The Bertz CT molecular complexity index is 364. The molecular formula is C14H24N2O3. The zero-order valence-electron chi connectivity index (χ0n) is 11.8. The predicted octanol–water partition coefficient (Wildman–Crippen LogP) is 0.522. The Hall–Kier alpha value is -1.10. The van der Waals surface area contributed by atoms with Gasteiger partial charge in [-0.25, -0.2) is 0 Å². The van der Waals surface area contributed by atoms with Gasteiger partial charge < -0.3 is 15.3 Å². The van der Waals surface area contributed by atoms with Crippen LogP contribution >= 0.6 is 0 Å². The molecule has 0 radical (unpaired) electrons. The highest BCUT2D eigenvalue weighted by atomic mass is 16.3. The van der Waals surface area contributed by atoms with Crippen LogP contribution in [0.4, 0.5) is 0 Å². The minimum Gasteiger partial charge on any atom is -0.396 e. The topological polar surface area (TPSA) is 69.6 Å². The SMILES string of the molecule is CC(C)(CCO)NC(=O)C1CC(=O)N(CC2CC2)C1. The summed E-state index contributed by atoms with van der Waals surface area (Å²) in [5.74, 6) is 0.470. The van der Waals surface area contributed by atoms with Crippen molar-refractivity contribution in [1.29, 1.82) is 0 Å². The monoisotopic (exact) mass is 268 g/mol. The number of carbonyl (C=O) groups is 2. The fraction of sp³-hybridized carbons (Fsp3) is 0.857. The molecule has 1 heterocycles. The average molecular weight is 268 g/mol. The molecule has 2 fully saturated rings. The normalized spacial score (nSPS) is 23.8. The van der Waals surface area contributed by atoms with Gasteiger partial charge in [-0.2, -0.15) is 0 Å². The summed E-state index contributed by atoms with van der Waals surface area (Å²) in [6.07, 6.45) is 3.27. The van der Waals surface area contributed by atoms with E-state index in [1.165, 1.54) is 12.8 Å². The van der Waals surface area contributed by atoms with E-state index < -0.39 is 5.54 Å². The van der Waals surface area contributed by atoms with Gasteiger partial charge in [0.1, 0.15) is 0 Å². The molecule has 1 aliphatic carbocycles. The van der Waals surface area contributed by atoms with Crippen LogP contribution in [0.15, 0.2) is 0 Å². The molecule has 1 saturated carbocycles. The van der Waals surface area contributed by atoms with Crippen LogP contribution < -0.4 is 5.32 Å². The van der Waals surface area contributed by atoms with Crippen molar-refractivity contribution in [3.63, 3.8) is 0 Å². The van der Waals surface area contributed by atoms with Crippen LogP contribution in [-0.4, -0.2) is 47.1 Å². The summed E-state index contributed by atoms with van der Waals surface area (Å²) in [5.41, 5.74) is -0.418. The van der Waals surface area contributed by atoms with Crippen molar-refractivity contribution in [2.45, 2.75) is 45.1 Å². The molecule has 1 atom stereocenters. The molecule has 1 saturated heterocycles. The fourth-order valence-corrected chi connectivity index (χ4v) is 2.51. The quantitative estimate of drug-likeness (QED) is 0.738. The summed E-state index contributed by atoms with van der Waals surface area (Å²) in [6, 6.07) is 0. The van der Waals surface area contributed by atoms with E-state index in [-0.39, 0.29) is 24.3 Å². The van der Waals surface area contributed by atoms with Gasteiger partial charge >= 0.3 is 0 Å². The Morgan fingerprint density at radius 2 is 2.16 bits per heavy atom. The Morgan fingerprint density at radius 3 is 2.74 bits per heavy atom. The molecule has 2 aliphatic rings. The van der Waals surface area contributed by atoms with Gasteiger partial charge in [0.05, 0.1) is 5.92 Å². The summed E-state index contributed by atoms with van der Waals surface area (Å²) in [4.78, 5) is 25.8. The number of hydrogen-bond acceptors (Lipinski definition) is 3. The van der Waals surface area contributed by atoms with Gasteiger partial charge in [-0.3, -0.25) is 9.59 Å². The fourth-order valence-electron chi connectivity index (χ4n) is 2.51. The third-order valence-corrected chi connectivity index (χ3v) is 3.96. The first-order valence-corrected chi connectivity index (χ1v) is 7.12. The average Bonchev–Trinajstić information content (AvgIpc) is 3.02. The molecule has 0 aromatic rings. The Morgan fingerprint density at radius 1 is 1.47 bits per heavy atom. The number of hydrogen-bond donors (Lipinski definition) is 2. The number of aliphatic hydroxyl groups is 1. The number of nitrogens with zero attached hydrogens (tertiary/aromatic N) is 1. The largest absolute Gasteiger partial charge is 0.396 e. The molecule has 1 unspecified atom stereocenters. The highest BCUT2D eigenvalue weighted by molar-refractivity contribution is 5.89. The molecule has 0 spiro atoms. The first-order valence-electron chi connectivity index (χ1n) is 7.12. The first kappa shape index (κ1) is 14.3. The minimum absolute atomic E-state index is 0.0463. The summed E-state index contributed by atoms with van der Waals surface area (Å²) >= 11 is 0. The van der Waals surface area contributed by atoms with Gasteiger partial charge in [0.25, 0.3) is 0 Å². The molecule has 0 bridgehead atoms. The van der Waals surface area contributed by atoms with Crippen molar-refractivity contribution in [3.8, 4) is 0 Å². The van der Waals surface area contributed by atoms with E-state index >= 15 is 0 Å². The maximum Gasteiger partial charge on any atom is 0.225 e. The van der Waals surface area contributed by atoms with Crippen LogP contribution in [0, 0.1) is 11.8 Å². The van der Waals surface area contributed by atoms with E-state index in [0.29, 0.717) is 25.3 Å². The Labute approximate surface area is 114 Å². The Kier molecular flexibility index (Phi) is 4.13. The minimum atomic E-state index is -0.418. The number of aliphatic hydroxyl groups excluding tert-OH is 1. The lowest BCUT2D eigenvalue weighted by atomic mass is 9.99. The lowest BCUT2D eigenvalue weighted by Crippen LogP contribution is -2.47. The van der Waals surface area contributed by atoms with Crippen molar-refractivity contribution in [3.05, 3.63) is 0 Å². The van der Waals surface area contributed by atoms with Crippen LogP contribution in [0.2, 0.25) is 0 Å². The highest BCUT2D eigenvalue weighted by Gasteiger charge is 2.38. The smallest absolute Gasteiger partial charge is 0.225 e. The molecule has 0 aromatic heterocycles. The summed E-state index contributed by atoms with van der Waals surface area (Å²) in [7, 11) is 0. The molecule has 5 heteroatoms. The van der Waals surface area contributed by atoms with Crippen LogP contribution in [0.25, 0.3) is 0 Å². The molecule has 2 N–H and O–H groups in total. The molecule has 5 nitrogen and oxygen atoms in total. The molecule has 108 valence electrons. The van der Waals surface area contributed by atoms with Gasteiger partial charge in [-0.15, -0.1) is 0 Å². The molecule has 2 amide bonds. The standard InChI is InChI=1S/C14H24N2O3/c1-14(2,5-6-17)15-13(19)11-7-12(18)16(9-11)8-10-3-4-10/h10-11,17H,3-9H2,1-2H3,(H,15,19). The van der Waals surface area contributed by atoms with Crippen LogP contribution in [-0.2, 0) is 9.59 Å². The number of likely N-dealkylation sites (tertiary alicyclic amines) is 1. The van der Waals surface area contributed by atoms with Gasteiger partial charge in [0.15, 0.2) is 0 Å². The van der Waals surface area contributed by atoms with E-state index in [4.69, 9.17) is 5.11 Å². The second-order valence-corrected chi connectivity index (χ2v) is 6.49. The molecule has 2 rings (SSSR count). The molecule has 19 heavy (non-hydrogen) atoms. The van der Waals surface area contributed by atoms with E-state index in [1.807, 2.05) is 18.7 Å². The van der Waals surface area contributed by atoms with Gasteiger partial charge in [0.2, 0.25) is 11.8 Å². The van der Waals surface area contributed by atoms with E-state index in [0.717, 1.165) is 6.54 Å². The summed E-state index contributed by atoms with van der Waals surface area (Å²) < 4.78 is 0. The van der Waals surface area contributed by atoms with Crippen LogP contribution in [0.5, 0.6) is 0 Å². The van der Waals surface area contributed by atoms with Crippen LogP contribution in [0.3, 0.4) is 0 Å². The number of carbonyl (C=O) groups excluding carboxylic acids is 2. The van der Waals surface area contributed by atoms with Gasteiger partial charge in [0, 0.05) is 31.7 Å². The van der Waals surface area contributed by atoms with E-state index in [1.54, 1.807) is 0 Å². The van der Waals surface area contributed by atoms with Crippen molar-refractivity contribution < 1.29 is 14.7 Å². The van der Waals surface area contributed by atoms with Crippen molar-refractivity contribution >= 4 is 11.8 Å². The highest BCUT2D eigenvalue weighted by Crippen LogP contribution is 2.32. The summed E-state index contributed by atoms with van der Waals surface area (Å²) in [5, 5.41) is 11.9. The second kappa shape index (κ2) is 5.49. The second-order valence-electron chi connectivity index (χ2n) is 6.49. The van der Waals surface area contributed by atoms with Crippen molar-refractivity contribution in [2.75, 3.05) is 19.7 Å². The molecular weight excluding hydrogens is 244 g/mol. The number of nitrogens with one attached hydrogen (secondary N) is 1. The van der Waals surface area contributed by atoms with E-state index in [2.05, 4.69) is 5.32 Å². The van der Waals surface area contributed by atoms with Gasteiger partial charge in [-0.05, 0) is 39.0 Å². The zero-order chi connectivity index (χ0) is 14.0. The third kappa shape index (κ3) is 3.93. The molecule has 0 aromatic carbocycles. The summed E-state index contributed by atoms with van der Waals surface area (Å²) in [6.45, 7) is 5.20. The number of amides is 2. The predicted molar refractivity (Wildman–Crippen MR) is 71.3 cm³/mol. The Balaban J connectivity index is 1.84. The molecule has 1 aliphatic heterocycles. The maximum atomic E-state index is 12.2. The lowest BCUT2D eigenvalue weighted by Gasteiger charge is -2.27. The maximum absolute atomic E-state index is 12.2. The van der Waals surface area contributed by atoms with Gasteiger partial charge in [-0.1, -0.05) is 0 Å². The number of rotatable bonds is 6. The van der Waals surface area contributed by atoms with E-state index in [9.17, 15) is 9.59 Å². The zero-order valence-corrected chi connectivity index (χ0v) is 11.8.